The van der Waals surface area contributed by atoms with Gasteiger partial charge in [-0.25, -0.2) is 0 Å². The van der Waals surface area contributed by atoms with Gasteiger partial charge in [-0.05, 0) is 40.9 Å². The molecule has 0 fully saturated rings. The predicted molar refractivity (Wildman–Crippen MR) is 158 cm³/mol. The van der Waals surface area contributed by atoms with Crippen molar-refractivity contribution in [1.29, 1.82) is 0 Å². The van der Waals surface area contributed by atoms with E-state index in [0.29, 0.717) is 11.4 Å². The summed E-state index contributed by atoms with van der Waals surface area (Å²) in [5, 5.41) is 56.3. The third-order valence-corrected chi connectivity index (χ3v) is 7.33. The van der Waals surface area contributed by atoms with E-state index in [1.165, 1.54) is 0 Å². The van der Waals surface area contributed by atoms with Crippen LogP contribution in [0.2, 0.25) is 0 Å². The Balaban J connectivity index is 3.04. The molecule has 0 heterocycles. The Morgan fingerprint density at radius 1 is 0.921 bits per heavy atom. The summed E-state index contributed by atoms with van der Waals surface area (Å²) in [4.78, 5) is 0.600. The molecule has 0 aromatic rings. The maximum Gasteiger partial charge on any atom is 0.112 e. The van der Waals surface area contributed by atoms with E-state index in [9.17, 15) is 25.5 Å². The highest BCUT2D eigenvalue weighted by atomic mass is 32.1. The molecule has 0 aliphatic heterocycles. The van der Waals surface area contributed by atoms with E-state index < -0.39 is 48.1 Å². The SMILES string of the molecule is CC(C)(C)CC(C)(C)CC(=S)NC(COC1C=CCC(O)C(O)C1O)C(O)CC(O)C(C)(C)CC(C)(C)C. The maximum absolute atomic E-state index is 11.3. The van der Waals surface area contributed by atoms with Crippen molar-refractivity contribution in [2.24, 2.45) is 21.7 Å². The third kappa shape index (κ3) is 12.7. The maximum atomic E-state index is 11.3. The van der Waals surface area contributed by atoms with Gasteiger partial charge in [0, 0.05) is 12.8 Å². The number of thiocarbonyl (C=S) groups is 1. The molecule has 6 N–H and O–H groups in total. The molecule has 8 heteroatoms. The Hall–Kier alpha value is -0.610. The Kier molecular flexibility index (Phi) is 12.9. The van der Waals surface area contributed by atoms with E-state index >= 15 is 0 Å². The fourth-order valence-electron chi connectivity index (χ4n) is 6.03. The van der Waals surface area contributed by atoms with Crippen LogP contribution in [0.25, 0.3) is 0 Å². The molecule has 0 aromatic carbocycles. The molecule has 1 rings (SSSR count). The quantitative estimate of drug-likeness (QED) is 0.156. The molecule has 0 amide bonds. The largest absolute Gasteiger partial charge is 0.392 e. The molecular weight excluding hydrogens is 502 g/mol. The van der Waals surface area contributed by atoms with Crippen molar-refractivity contribution in [2.45, 2.75) is 144 Å². The molecule has 0 radical (unpaired) electrons. The van der Waals surface area contributed by atoms with Crippen LogP contribution >= 0.6 is 12.2 Å². The van der Waals surface area contributed by atoms with E-state index in [1.54, 1.807) is 12.2 Å². The van der Waals surface area contributed by atoms with Crippen LogP contribution in [0.4, 0.5) is 0 Å². The first-order valence-electron chi connectivity index (χ1n) is 14.0. The summed E-state index contributed by atoms with van der Waals surface area (Å²) < 4.78 is 5.96. The average molecular weight is 560 g/mol. The van der Waals surface area contributed by atoms with E-state index in [2.05, 4.69) is 60.7 Å². The molecule has 0 saturated heterocycles. The summed E-state index contributed by atoms with van der Waals surface area (Å²) in [5.41, 5.74) is -0.325. The van der Waals surface area contributed by atoms with Gasteiger partial charge >= 0.3 is 0 Å². The fourth-order valence-corrected chi connectivity index (χ4v) is 6.57. The van der Waals surface area contributed by atoms with Gasteiger partial charge in [0.05, 0.1) is 35.9 Å². The van der Waals surface area contributed by atoms with Crippen molar-refractivity contribution < 1.29 is 30.3 Å². The van der Waals surface area contributed by atoms with Crippen LogP contribution in [-0.4, -0.2) is 79.8 Å². The first-order valence-corrected chi connectivity index (χ1v) is 14.4. The summed E-state index contributed by atoms with van der Waals surface area (Å²) in [5.74, 6) is 0. The van der Waals surface area contributed by atoms with Crippen molar-refractivity contribution in [3.05, 3.63) is 12.2 Å². The molecule has 38 heavy (non-hydrogen) atoms. The van der Waals surface area contributed by atoms with Crippen molar-refractivity contribution in [3.63, 3.8) is 0 Å². The van der Waals surface area contributed by atoms with Crippen LogP contribution in [0, 0.1) is 21.7 Å². The van der Waals surface area contributed by atoms with E-state index in [0.717, 1.165) is 12.8 Å². The minimum absolute atomic E-state index is 0.0116. The Morgan fingerprint density at radius 3 is 2.00 bits per heavy atom. The lowest BCUT2D eigenvalue weighted by molar-refractivity contribution is -0.111. The van der Waals surface area contributed by atoms with Crippen molar-refractivity contribution >= 4 is 17.2 Å². The molecule has 7 unspecified atom stereocenters. The second-order valence-electron chi connectivity index (χ2n) is 15.3. The zero-order valence-electron chi connectivity index (χ0n) is 25.5. The molecule has 224 valence electrons. The predicted octanol–water partition coefficient (Wildman–Crippen LogP) is 4.13. The van der Waals surface area contributed by atoms with Crippen LogP contribution < -0.4 is 5.32 Å². The van der Waals surface area contributed by atoms with Gasteiger partial charge in [-0.15, -0.1) is 0 Å². The lowest BCUT2D eigenvalue weighted by Gasteiger charge is -2.39. The second-order valence-corrected chi connectivity index (χ2v) is 15.8. The zero-order chi connectivity index (χ0) is 29.7. The first kappa shape index (κ1) is 35.4. The van der Waals surface area contributed by atoms with Crippen LogP contribution in [0.5, 0.6) is 0 Å². The van der Waals surface area contributed by atoms with E-state index in [1.807, 2.05) is 13.8 Å². The second kappa shape index (κ2) is 13.8. The lowest BCUT2D eigenvalue weighted by atomic mass is 9.71. The number of hydrogen-bond donors (Lipinski definition) is 6. The Bertz CT molecular complexity index is 770. The Morgan fingerprint density at radius 2 is 1.47 bits per heavy atom. The highest BCUT2D eigenvalue weighted by Crippen LogP contribution is 2.38. The van der Waals surface area contributed by atoms with Gasteiger partial charge in [-0.1, -0.05) is 93.6 Å². The summed E-state index contributed by atoms with van der Waals surface area (Å²) in [6.45, 7) is 21.3. The minimum Gasteiger partial charge on any atom is -0.392 e. The molecule has 7 atom stereocenters. The molecule has 0 saturated carbocycles. The fraction of sp³-hybridized carbons (Fsp3) is 0.900. The third-order valence-electron chi connectivity index (χ3n) is 7.06. The van der Waals surface area contributed by atoms with Gasteiger partial charge in [0.1, 0.15) is 18.3 Å². The van der Waals surface area contributed by atoms with Crippen molar-refractivity contribution in [2.75, 3.05) is 6.61 Å². The van der Waals surface area contributed by atoms with Crippen LogP contribution in [-0.2, 0) is 4.74 Å². The smallest absolute Gasteiger partial charge is 0.112 e. The van der Waals surface area contributed by atoms with Crippen molar-refractivity contribution in [1.82, 2.24) is 5.32 Å². The molecule has 0 spiro atoms. The molecule has 0 aromatic heterocycles. The van der Waals surface area contributed by atoms with Gasteiger partial charge in [0.25, 0.3) is 0 Å². The highest BCUT2D eigenvalue weighted by Gasteiger charge is 2.37. The van der Waals surface area contributed by atoms with Gasteiger partial charge in [-0.2, -0.15) is 0 Å². The summed E-state index contributed by atoms with van der Waals surface area (Å²) in [7, 11) is 0. The zero-order valence-corrected chi connectivity index (χ0v) is 26.3. The van der Waals surface area contributed by atoms with Crippen LogP contribution in [0.15, 0.2) is 12.2 Å². The summed E-state index contributed by atoms with van der Waals surface area (Å²) in [6.07, 6.45) is -0.315. The van der Waals surface area contributed by atoms with E-state index in [-0.39, 0.29) is 35.7 Å². The standard InChI is InChI=1S/C30H57NO6S/c1-27(2,3)17-29(7,8)15-24(38)31-19(16-37-22-13-11-12-20(32)25(35)26(22)36)21(33)14-23(34)30(9,10)18-28(4,5)6/h11,13,19-23,25-26,32-36H,12,14-18H2,1-10H3,(H,31,38). The number of rotatable bonds is 12. The van der Waals surface area contributed by atoms with E-state index in [4.69, 9.17) is 17.0 Å². The topological polar surface area (TPSA) is 122 Å². The van der Waals surface area contributed by atoms with Gasteiger partial charge < -0.3 is 35.6 Å². The van der Waals surface area contributed by atoms with Gasteiger partial charge in [0.15, 0.2) is 0 Å². The normalized spacial score (nSPS) is 26.0. The molecule has 1 aliphatic rings. The Labute approximate surface area is 237 Å². The summed E-state index contributed by atoms with van der Waals surface area (Å²) in [6, 6.07) is -0.640. The van der Waals surface area contributed by atoms with Crippen LogP contribution in [0.3, 0.4) is 0 Å². The minimum atomic E-state index is -1.34. The number of nitrogens with one attached hydrogen (secondary N) is 1. The number of ether oxygens (including phenoxy) is 1. The number of aliphatic hydroxyl groups excluding tert-OH is 5. The van der Waals surface area contributed by atoms with Crippen LogP contribution in [0.1, 0.15) is 101 Å². The first-order chi connectivity index (χ1) is 17.0. The van der Waals surface area contributed by atoms with Gasteiger partial charge in [0.2, 0.25) is 0 Å². The molecular formula is C30H57NO6S. The lowest BCUT2D eigenvalue weighted by Crippen LogP contribution is -2.51. The highest BCUT2D eigenvalue weighted by molar-refractivity contribution is 7.80. The molecule has 7 nitrogen and oxygen atoms in total. The summed E-state index contributed by atoms with van der Waals surface area (Å²) >= 11 is 5.72. The average Bonchev–Trinajstić information content (AvgIpc) is 2.80. The molecule has 1 aliphatic carbocycles. The monoisotopic (exact) mass is 559 g/mol. The molecule has 0 bridgehead atoms. The van der Waals surface area contributed by atoms with Gasteiger partial charge in [-0.3, -0.25) is 0 Å². The number of aliphatic hydroxyl groups is 5. The van der Waals surface area contributed by atoms with Crippen molar-refractivity contribution in [3.8, 4) is 0 Å². The number of hydrogen-bond acceptors (Lipinski definition) is 7.